The number of hydrogen-bond donors (Lipinski definition) is 1. The van der Waals surface area contributed by atoms with Gasteiger partial charge in [0.2, 0.25) is 0 Å². The first-order valence-corrected chi connectivity index (χ1v) is 5.58. The molecule has 0 aromatic carbocycles. The number of rotatable bonds is 2. The third kappa shape index (κ3) is 2.06. The summed E-state index contributed by atoms with van der Waals surface area (Å²) in [5.41, 5.74) is 0.306. The van der Waals surface area contributed by atoms with E-state index in [1.54, 1.807) is 10.9 Å². The Kier molecular flexibility index (Phi) is 2.80. The zero-order chi connectivity index (χ0) is 10.9. The summed E-state index contributed by atoms with van der Waals surface area (Å²) < 4.78 is 1.75. The maximum atomic E-state index is 10.5. The first kappa shape index (κ1) is 10.6. The van der Waals surface area contributed by atoms with Gasteiger partial charge in [-0.2, -0.15) is 5.10 Å². The van der Waals surface area contributed by atoms with Crippen molar-refractivity contribution in [2.75, 3.05) is 19.6 Å². The molecule has 2 rings (SSSR count). The highest BCUT2D eigenvalue weighted by Gasteiger charge is 2.34. The van der Waals surface area contributed by atoms with Gasteiger partial charge in [0.05, 0.1) is 11.8 Å². The minimum Gasteiger partial charge on any atom is -0.385 e. The number of likely N-dealkylation sites (tertiary alicyclic amines) is 1. The highest BCUT2D eigenvalue weighted by atomic mass is 16.3. The molecule has 1 aliphatic heterocycles. The smallest absolute Gasteiger partial charge is 0.0951 e. The maximum absolute atomic E-state index is 10.5. The molecule has 84 valence electrons. The van der Waals surface area contributed by atoms with E-state index in [4.69, 9.17) is 0 Å². The molecule has 0 amide bonds. The summed E-state index contributed by atoms with van der Waals surface area (Å²) in [6, 6.07) is 0. The van der Waals surface area contributed by atoms with Gasteiger partial charge in [0.1, 0.15) is 0 Å². The average Bonchev–Trinajstić information content (AvgIpc) is 2.67. The predicted molar refractivity (Wildman–Crippen MR) is 58.5 cm³/mol. The van der Waals surface area contributed by atoms with Crippen LogP contribution in [-0.2, 0) is 12.6 Å². The molecule has 2 heterocycles. The van der Waals surface area contributed by atoms with Gasteiger partial charge >= 0.3 is 0 Å². The second-order valence-electron chi connectivity index (χ2n) is 4.37. The number of nitrogens with zero attached hydrogens (tertiary/aromatic N) is 3. The van der Waals surface area contributed by atoms with Crippen LogP contribution in [0.3, 0.4) is 0 Å². The Labute approximate surface area is 90.5 Å². The Morgan fingerprint density at radius 1 is 1.47 bits per heavy atom. The molecule has 1 aromatic heterocycles. The van der Waals surface area contributed by atoms with E-state index in [1.165, 1.54) is 0 Å². The van der Waals surface area contributed by atoms with E-state index in [-0.39, 0.29) is 0 Å². The lowest BCUT2D eigenvalue weighted by atomic mass is 9.86. The second kappa shape index (κ2) is 3.94. The molecule has 4 heteroatoms. The second-order valence-corrected chi connectivity index (χ2v) is 4.37. The Balaban J connectivity index is 2.09. The van der Waals surface area contributed by atoms with Gasteiger partial charge in [-0.15, -0.1) is 0 Å². The SMILES string of the molecule is CCN1CCC(O)(c2cnn(C)c2)CC1. The van der Waals surface area contributed by atoms with Crippen LogP contribution in [0.1, 0.15) is 25.3 Å². The van der Waals surface area contributed by atoms with Crippen molar-refractivity contribution in [1.29, 1.82) is 0 Å². The highest BCUT2D eigenvalue weighted by Crippen LogP contribution is 2.32. The molecule has 1 fully saturated rings. The van der Waals surface area contributed by atoms with Gasteiger partial charge in [-0.1, -0.05) is 6.92 Å². The molecule has 4 nitrogen and oxygen atoms in total. The van der Waals surface area contributed by atoms with E-state index in [0.29, 0.717) is 0 Å². The van der Waals surface area contributed by atoms with Gasteiger partial charge in [-0.25, -0.2) is 0 Å². The Morgan fingerprint density at radius 2 is 2.13 bits per heavy atom. The summed E-state index contributed by atoms with van der Waals surface area (Å²) in [7, 11) is 1.88. The van der Waals surface area contributed by atoms with Crippen molar-refractivity contribution in [1.82, 2.24) is 14.7 Å². The normalized spacial score (nSPS) is 21.8. The molecule has 0 aliphatic carbocycles. The van der Waals surface area contributed by atoms with Crippen molar-refractivity contribution in [3.63, 3.8) is 0 Å². The molecule has 0 atom stereocenters. The van der Waals surface area contributed by atoms with Crippen molar-refractivity contribution < 1.29 is 5.11 Å². The molecule has 1 saturated heterocycles. The lowest BCUT2D eigenvalue weighted by molar-refractivity contribution is -0.0247. The zero-order valence-corrected chi connectivity index (χ0v) is 9.48. The molecule has 15 heavy (non-hydrogen) atoms. The third-order valence-corrected chi connectivity index (χ3v) is 3.37. The minimum atomic E-state index is -0.653. The monoisotopic (exact) mass is 209 g/mol. The van der Waals surface area contributed by atoms with Crippen LogP contribution < -0.4 is 0 Å². The van der Waals surface area contributed by atoms with Crippen LogP contribution in [0.5, 0.6) is 0 Å². The molecule has 1 aliphatic rings. The molecule has 0 saturated carbocycles. The summed E-state index contributed by atoms with van der Waals surface area (Å²) in [4.78, 5) is 2.37. The van der Waals surface area contributed by atoms with Crippen LogP contribution in [0.2, 0.25) is 0 Å². The van der Waals surface area contributed by atoms with E-state index in [9.17, 15) is 5.11 Å². The number of aliphatic hydroxyl groups is 1. The average molecular weight is 209 g/mol. The van der Waals surface area contributed by atoms with Gasteiger partial charge in [0.15, 0.2) is 0 Å². The fourth-order valence-electron chi connectivity index (χ4n) is 2.19. The van der Waals surface area contributed by atoms with Crippen LogP contribution in [0.15, 0.2) is 12.4 Å². The fraction of sp³-hybridized carbons (Fsp3) is 0.727. The Morgan fingerprint density at radius 3 is 2.60 bits per heavy atom. The lowest BCUT2D eigenvalue weighted by Gasteiger charge is -2.37. The van der Waals surface area contributed by atoms with Crippen molar-refractivity contribution >= 4 is 0 Å². The van der Waals surface area contributed by atoms with Crippen molar-refractivity contribution in [2.24, 2.45) is 7.05 Å². The van der Waals surface area contributed by atoms with E-state index >= 15 is 0 Å². The largest absolute Gasteiger partial charge is 0.385 e. The molecule has 1 aromatic rings. The van der Waals surface area contributed by atoms with Gasteiger partial charge in [-0.05, 0) is 19.4 Å². The van der Waals surface area contributed by atoms with Crippen molar-refractivity contribution in [2.45, 2.75) is 25.4 Å². The van der Waals surface area contributed by atoms with E-state index < -0.39 is 5.60 Å². The molecule has 0 spiro atoms. The molecular formula is C11H19N3O. The van der Waals surface area contributed by atoms with Crippen LogP contribution in [0.4, 0.5) is 0 Å². The quantitative estimate of drug-likeness (QED) is 0.780. The summed E-state index contributed by atoms with van der Waals surface area (Å²) in [5.74, 6) is 0. The first-order valence-electron chi connectivity index (χ1n) is 5.58. The Hall–Kier alpha value is -0.870. The van der Waals surface area contributed by atoms with Gasteiger partial charge in [0.25, 0.3) is 0 Å². The standard InChI is InChI=1S/C11H19N3O/c1-3-14-6-4-11(15,5-7-14)10-8-12-13(2)9-10/h8-9,15H,3-7H2,1-2H3. The maximum Gasteiger partial charge on any atom is 0.0951 e. The van der Waals surface area contributed by atoms with E-state index in [0.717, 1.165) is 38.0 Å². The first-order chi connectivity index (χ1) is 7.14. The number of aromatic nitrogens is 2. The van der Waals surface area contributed by atoms with Crippen LogP contribution >= 0.6 is 0 Å². The minimum absolute atomic E-state index is 0.653. The third-order valence-electron chi connectivity index (χ3n) is 3.37. The summed E-state index contributed by atoms with van der Waals surface area (Å²) in [6.45, 7) is 5.18. The Bertz CT molecular complexity index is 326. The zero-order valence-electron chi connectivity index (χ0n) is 9.48. The summed E-state index contributed by atoms with van der Waals surface area (Å²) >= 11 is 0. The van der Waals surface area contributed by atoms with Crippen molar-refractivity contribution in [3.05, 3.63) is 18.0 Å². The number of hydrogen-bond acceptors (Lipinski definition) is 3. The van der Waals surface area contributed by atoms with Crippen LogP contribution in [0.25, 0.3) is 0 Å². The molecule has 0 bridgehead atoms. The van der Waals surface area contributed by atoms with Gasteiger partial charge in [-0.3, -0.25) is 4.68 Å². The highest BCUT2D eigenvalue weighted by molar-refractivity contribution is 5.16. The van der Waals surface area contributed by atoms with E-state index in [1.807, 2.05) is 13.2 Å². The summed E-state index contributed by atoms with van der Waals surface area (Å²) in [6.07, 6.45) is 5.32. The molecule has 0 radical (unpaired) electrons. The van der Waals surface area contributed by atoms with E-state index in [2.05, 4.69) is 16.9 Å². The fourth-order valence-corrected chi connectivity index (χ4v) is 2.19. The molecule has 0 unspecified atom stereocenters. The van der Waals surface area contributed by atoms with Gasteiger partial charge < -0.3 is 10.0 Å². The van der Waals surface area contributed by atoms with Crippen LogP contribution in [0, 0.1) is 0 Å². The molecule has 1 N–H and O–H groups in total. The predicted octanol–water partition coefficient (Wildman–Crippen LogP) is 0.723. The topological polar surface area (TPSA) is 41.3 Å². The number of piperidine rings is 1. The van der Waals surface area contributed by atoms with Crippen molar-refractivity contribution in [3.8, 4) is 0 Å². The van der Waals surface area contributed by atoms with Gasteiger partial charge in [0, 0.05) is 31.9 Å². The lowest BCUT2D eigenvalue weighted by Crippen LogP contribution is -2.42. The number of aryl methyl sites for hydroxylation is 1. The van der Waals surface area contributed by atoms with Crippen LogP contribution in [-0.4, -0.2) is 39.4 Å². The molecular weight excluding hydrogens is 190 g/mol. The summed E-state index contributed by atoms with van der Waals surface area (Å²) in [5, 5.41) is 14.6.